The fraction of sp³-hybridized carbons (Fsp3) is 0.923. The van der Waals surface area contributed by atoms with Crippen molar-refractivity contribution in [3.63, 3.8) is 0 Å². The molecule has 1 aliphatic heterocycles. The molecule has 1 rings (SSSR count). The van der Waals surface area contributed by atoms with Crippen molar-refractivity contribution in [1.82, 2.24) is 4.90 Å². The van der Waals surface area contributed by atoms with Crippen LogP contribution in [0.5, 0.6) is 0 Å². The van der Waals surface area contributed by atoms with E-state index in [0.717, 1.165) is 19.4 Å². The lowest BCUT2D eigenvalue weighted by Gasteiger charge is -2.36. The maximum atomic E-state index is 12.2. The van der Waals surface area contributed by atoms with Crippen LogP contribution in [0.1, 0.15) is 39.0 Å². The lowest BCUT2D eigenvalue weighted by Crippen LogP contribution is -2.44. The standard InChI is InChI=1S/C13H25NO3/c1-11(10-17-2)9-13(16)14-7-4-3-5-12(14)6-8-15/h11-12,15H,3-10H2,1-2H3. The number of likely N-dealkylation sites (tertiary alicyclic amines) is 1. The number of aliphatic hydroxyl groups is 1. The van der Waals surface area contributed by atoms with Crippen LogP contribution in [-0.4, -0.2) is 48.8 Å². The zero-order valence-corrected chi connectivity index (χ0v) is 11.0. The number of ether oxygens (including phenoxy) is 1. The molecule has 0 radical (unpaired) electrons. The molecule has 2 atom stereocenters. The molecule has 0 aromatic carbocycles. The number of carbonyl (C=O) groups excluding carboxylic acids is 1. The van der Waals surface area contributed by atoms with E-state index in [4.69, 9.17) is 9.84 Å². The van der Waals surface area contributed by atoms with Crippen LogP contribution in [0.2, 0.25) is 0 Å². The summed E-state index contributed by atoms with van der Waals surface area (Å²) in [5, 5.41) is 9.03. The Morgan fingerprint density at radius 1 is 1.53 bits per heavy atom. The topological polar surface area (TPSA) is 49.8 Å². The maximum absolute atomic E-state index is 12.2. The third kappa shape index (κ3) is 4.64. The van der Waals surface area contributed by atoms with Gasteiger partial charge in [0.2, 0.25) is 5.91 Å². The fourth-order valence-corrected chi connectivity index (χ4v) is 2.54. The fourth-order valence-electron chi connectivity index (χ4n) is 2.54. The van der Waals surface area contributed by atoms with Crippen LogP contribution < -0.4 is 0 Å². The normalized spacial score (nSPS) is 22.5. The van der Waals surface area contributed by atoms with E-state index in [2.05, 4.69) is 0 Å². The second-order valence-corrected chi connectivity index (χ2v) is 5.01. The van der Waals surface area contributed by atoms with Gasteiger partial charge in [0.05, 0.1) is 0 Å². The molecule has 0 saturated carbocycles. The van der Waals surface area contributed by atoms with Crippen LogP contribution in [0.25, 0.3) is 0 Å². The Kier molecular flexibility index (Phi) is 6.52. The number of hydrogen-bond acceptors (Lipinski definition) is 3. The smallest absolute Gasteiger partial charge is 0.223 e. The molecule has 1 aliphatic rings. The van der Waals surface area contributed by atoms with E-state index in [1.165, 1.54) is 6.42 Å². The lowest BCUT2D eigenvalue weighted by atomic mass is 9.98. The Bertz CT molecular complexity index is 231. The number of methoxy groups -OCH3 is 1. The van der Waals surface area contributed by atoms with Crippen molar-refractivity contribution in [2.75, 3.05) is 26.9 Å². The van der Waals surface area contributed by atoms with Crippen molar-refractivity contribution in [3.05, 3.63) is 0 Å². The van der Waals surface area contributed by atoms with E-state index < -0.39 is 0 Å². The monoisotopic (exact) mass is 243 g/mol. The highest BCUT2D eigenvalue weighted by Gasteiger charge is 2.26. The first-order valence-electron chi connectivity index (χ1n) is 6.58. The molecule has 0 aromatic rings. The number of carbonyl (C=O) groups is 1. The van der Waals surface area contributed by atoms with Gasteiger partial charge in [-0.2, -0.15) is 0 Å². The zero-order valence-electron chi connectivity index (χ0n) is 11.0. The molecule has 1 fully saturated rings. The van der Waals surface area contributed by atoms with Crippen LogP contribution in [-0.2, 0) is 9.53 Å². The van der Waals surface area contributed by atoms with Gasteiger partial charge in [-0.3, -0.25) is 4.79 Å². The molecule has 1 N–H and O–H groups in total. The number of rotatable bonds is 6. The Balaban J connectivity index is 2.46. The van der Waals surface area contributed by atoms with E-state index in [9.17, 15) is 4.79 Å². The van der Waals surface area contributed by atoms with Gasteiger partial charge < -0.3 is 14.7 Å². The van der Waals surface area contributed by atoms with Gasteiger partial charge in [0.25, 0.3) is 0 Å². The molecule has 1 saturated heterocycles. The quantitative estimate of drug-likeness (QED) is 0.767. The second kappa shape index (κ2) is 7.67. The van der Waals surface area contributed by atoms with E-state index >= 15 is 0 Å². The summed E-state index contributed by atoms with van der Waals surface area (Å²) in [6.45, 7) is 3.68. The zero-order chi connectivity index (χ0) is 12.7. The maximum Gasteiger partial charge on any atom is 0.223 e. The average molecular weight is 243 g/mol. The minimum Gasteiger partial charge on any atom is -0.396 e. The average Bonchev–Trinajstić information content (AvgIpc) is 2.30. The molecule has 17 heavy (non-hydrogen) atoms. The summed E-state index contributed by atoms with van der Waals surface area (Å²) >= 11 is 0. The van der Waals surface area contributed by atoms with E-state index in [1.807, 2.05) is 11.8 Å². The van der Waals surface area contributed by atoms with Crippen LogP contribution >= 0.6 is 0 Å². The van der Waals surface area contributed by atoms with Gasteiger partial charge in [-0.15, -0.1) is 0 Å². The summed E-state index contributed by atoms with van der Waals surface area (Å²) in [6.07, 6.45) is 4.56. The van der Waals surface area contributed by atoms with E-state index in [0.29, 0.717) is 19.4 Å². The minimum absolute atomic E-state index is 0.169. The Morgan fingerprint density at radius 2 is 2.29 bits per heavy atom. The summed E-state index contributed by atoms with van der Waals surface area (Å²) in [5.74, 6) is 0.483. The highest BCUT2D eigenvalue weighted by atomic mass is 16.5. The largest absolute Gasteiger partial charge is 0.396 e. The Morgan fingerprint density at radius 3 is 2.94 bits per heavy atom. The van der Waals surface area contributed by atoms with Crippen molar-refractivity contribution in [2.24, 2.45) is 5.92 Å². The SMILES string of the molecule is COCC(C)CC(=O)N1CCCCC1CCO. The van der Waals surface area contributed by atoms with Crippen molar-refractivity contribution in [1.29, 1.82) is 0 Å². The van der Waals surface area contributed by atoms with Crippen molar-refractivity contribution in [2.45, 2.75) is 45.1 Å². The van der Waals surface area contributed by atoms with Crippen LogP contribution in [0.15, 0.2) is 0 Å². The highest BCUT2D eigenvalue weighted by molar-refractivity contribution is 5.76. The molecule has 4 nitrogen and oxygen atoms in total. The third-order valence-corrected chi connectivity index (χ3v) is 3.38. The summed E-state index contributed by atoms with van der Waals surface area (Å²) in [6, 6.07) is 0.246. The number of hydrogen-bond donors (Lipinski definition) is 1. The molecule has 1 heterocycles. The van der Waals surface area contributed by atoms with Gasteiger partial charge in [-0.05, 0) is 31.6 Å². The number of nitrogens with zero attached hydrogens (tertiary/aromatic N) is 1. The van der Waals surface area contributed by atoms with Crippen molar-refractivity contribution < 1.29 is 14.6 Å². The predicted octanol–water partition coefficient (Wildman–Crippen LogP) is 1.42. The first-order chi connectivity index (χ1) is 8.19. The Hall–Kier alpha value is -0.610. The van der Waals surface area contributed by atoms with Crippen molar-refractivity contribution >= 4 is 5.91 Å². The minimum atomic E-state index is 0.169. The van der Waals surface area contributed by atoms with Crippen molar-refractivity contribution in [3.8, 4) is 0 Å². The predicted molar refractivity (Wildman–Crippen MR) is 66.7 cm³/mol. The van der Waals surface area contributed by atoms with E-state index in [1.54, 1.807) is 7.11 Å². The van der Waals surface area contributed by atoms with Gasteiger partial charge in [0, 0.05) is 39.3 Å². The highest BCUT2D eigenvalue weighted by Crippen LogP contribution is 2.21. The lowest BCUT2D eigenvalue weighted by molar-refractivity contribution is -0.136. The molecular weight excluding hydrogens is 218 g/mol. The summed E-state index contributed by atoms with van der Waals surface area (Å²) in [4.78, 5) is 14.1. The molecule has 0 aliphatic carbocycles. The van der Waals surface area contributed by atoms with Gasteiger partial charge in [-0.1, -0.05) is 6.92 Å². The van der Waals surface area contributed by atoms with Crippen LogP contribution in [0.4, 0.5) is 0 Å². The van der Waals surface area contributed by atoms with E-state index in [-0.39, 0.29) is 24.5 Å². The molecule has 1 amide bonds. The molecule has 2 unspecified atom stereocenters. The number of amides is 1. The summed E-state index contributed by atoms with van der Waals surface area (Å²) in [5.41, 5.74) is 0. The Labute approximate surface area is 104 Å². The molecule has 0 spiro atoms. The van der Waals surface area contributed by atoms with Gasteiger partial charge >= 0.3 is 0 Å². The van der Waals surface area contributed by atoms with Crippen LogP contribution in [0, 0.1) is 5.92 Å². The number of piperidine rings is 1. The first kappa shape index (κ1) is 14.5. The molecule has 4 heteroatoms. The van der Waals surface area contributed by atoms with Gasteiger partial charge in [0.15, 0.2) is 0 Å². The number of aliphatic hydroxyl groups excluding tert-OH is 1. The third-order valence-electron chi connectivity index (χ3n) is 3.38. The molecule has 0 aromatic heterocycles. The molecular formula is C13H25NO3. The second-order valence-electron chi connectivity index (χ2n) is 5.01. The molecule has 0 bridgehead atoms. The summed E-state index contributed by atoms with van der Waals surface area (Å²) < 4.78 is 5.06. The molecule has 100 valence electrons. The first-order valence-corrected chi connectivity index (χ1v) is 6.58. The van der Waals surface area contributed by atoms with Crippen LogP contribution in [0.3, 0.4) is 0 Å². The van der Waals surface area contributed by atoms with Gasteiger partial charge in [0.1, 0.15) is 0 Å². The van der Waals surface area contributed by atoms with Gasteiger partial charge in [-0.25, -0.2) is 0 Å². The summed E-state index contributed by atoms with van der Waals surface area (Å²) in [7, 11) is 1.66.